The lowest BCUT2D eigenvalue weighted by Gasteiger charge is -2.16. The third-order valence-corrected chi connectivity index (χ3v) is 2.02. The summed E-state index contributed by atoms with van der Waals surface area (Å²) >= 11 is 0. The second-order valence-electron chi connectivity index (χ2n) is 4.72. The maximum atomic E-state index is 11.9. The molecule has 0 spiro atoms. The quantitative estimate of drug-likeness (QED) is 0.639. The number of carbonyl (C=O) groups excluding carboxylic acids is 1. The normalized spacial score (nSPS) is 11.5. The van der Waals surface area contributed by atoms with Gasteiger partial charge in [-0.3, -0.25) is 9.78 Å². The van der Waals surface area contributed by atoms with Crippen molar-refractivity contribution in [3.05, 3.63) is 29.1 Å². The Bertz CT molecular complexity index is 341. The van der Waals surface area contributed by atoms with Crippen molar-refractivity contribution in [2.45, 2.75) is 34.6 Å². The van der Waals surface area contributed by atoms with Crippen LogP contribution >= 0.6 is 0 Å². The fraction of sp³-hybridized carbons (Fsp3) is 0.500. The highest BCUT2D eigenvalue weighted by Gasteiger charge is 2.23. The highest BCUT2D eigenvalue weighted by molar-refractivity contribution is 5.99. The Hall–Kier alpha value is -1.18. The first-order chi connectivity index (χ1) is 6.30. The molecule has 0 atom stereocenters. The Morgan fingerprint density at radius 2 is 1.57 bits per heavy atom. The molecule has 0 unspecified atom stereocenters. The van der Waals surface area contributed by atoms with Crippen LogP contribution in [-0.4, -0.2) is 10.8 Å². The predicted octanol–water partition coefficient (Wildman–Crippen LogP) is 2.93. The van der Waals surface area contributed by atoms with Crippen molar-refractivity contribution in [1.82, 2.24) is 4.98 Å². The summed E-state index contributed by atoms with van der Waals surface area (Å²) in [7, 11) is 0. The Kier molecular flexibility index (Phi) is 2.74. The van der Waals surface area contributed by atoms with Crippen LogP contribution in [0.4, 0.5) is 0 Å². The molecule has 0 amide bonds. The lowest BCUT2D eigenvalue weighted by molar-refractivity contribution is 0.0858. The van der Waals surface area contributed by atoms with Gasteiger partial charge in [0, 0.05) is 22.4 Å². The number of aromatic nitrogens is 1. The van der Waals surface area contributed by atoms with Crippen LogP contribution in [-0.2, 0) is 0 Å². The van der Waals surface area contributed by atoms with E-state index in [1.807, 2.05) is 46.8 Å². The molecule has 0 saturated carbocycles. The van der Waals surface area contributed by atoms with E-state index in [1.54, 1.807) is 0 Å². The van der Waals surface area contributed by atoms with E-state index in [-0.39, 0.29) is 11.2 Å². The van der Waals surface area contributed by atoms with Gasteiger partial charge in [0.1, 0.15) is 0 Å². The zero-order valence-corrected chi connectivity index (χ0v) is 9.51. The van der Waals surface area contributed by atoms with Gasteiger partial charge in [0.15, 0.2) is 5.78 Å². The van der Waals surface area contributed by atoms with Gasteiger partial charge in [0.25, 0.3) is 0 Å². The molecule has 0 aliphatic carbocycles. The first kappa shape index (κ1) is 10.9. The predicted molar refractivity (Wildman–Crippen MR) is 57.5 cm³/mol. The van der Waals surface area contributed by atoms with Crippen LogP contribution in [0.2, 0.25) is 0 Å². The third-order valence-electron chi connectivity index (χ3n) is 2.02. The topological polar surface area (TPSA) is 30.0 Å². The van der Waals surface area contributed by atoms with Gasteiger partial charge in [-0.2, -0.15) is 0 Å². The molecule has 0 aliphatic heterocycles. The van der Waals surface area contributed by atoms with E-state index in [0.717, 1.165) is 17.0 Å². The molecule has 1 aromatic heterocycles. The summed E-state index contributed by atoms with van der Waals surface area (Å²) in [5.41, 5.74) is 2.25. The van der Waals surface area contributed by atoms with Gasteiger partial charge >= 0.3 is 0 Å². The van der Waals surface area contributed by atoms with E-state index in [0.29, 0.717) is 0 Å². The Morgan fingerprint density at radius 3 is 1.93 bits per heavy atom. The van der Waals surface area contributed by atoms with Crippen LogP contribution in [0.1, 0.15) is 42.5 Å². The zero-order valence-electron chi connectivity index (χ0n) is 9.51. The molecule has 76 valence electrons. The SMILES string of the molecule is Cc1cc(C(=O)C(C)(C)C)cc(C)n1. The van der Waals surface area contributed by atoms with Gasteiger partial charge in [-0.1, -0.05) is 20.8 Å². The smallest absolute Gasteiger partial charge is 0.168 e. The van der Waals surface area contributed by atoms with Crippen molar-refractivity contribution >= 4 is 5.78 Å². The summed E-state index contributed by atoms with van der Waals surface area (Å²) in [6.07, 6.45) is 0. The molecule has 0 saturated heterocycles. The molecule has 2 nitrogen and oxygen atoms in total. The number of pyridine rings is 1. The monoisotopic (exact) mass is 191 g/mol. The van der Waals surface area contributed by atoms with E-state index >= 15 is 0 Å². The summed E-state index contributed by atoms with van der Waals surface area (Å²) in [6.45, 7) is 9.61. The standard InChI is InChI=1S/C12H17NO/c1-8-6-10(7-9(2)13-8)11(14)12(3,4)5/h6-7H,1-5H3. The number of aryl methyl sites for hydroxylation is 2. The fourth-order valence-electron chi connectivity index (χ4n) is 1.40. The van der Waals surface area contributed by atoms with Crippen molar-refractivity contribution in [3.63, 3.8) is 0 Å². The number of nitrogens with zero attached hydrogens (tertiary/aromatic N) is 1. The molecule has 14 heavy (non-hydrogen) atoms. The first-order valence-electron chi connectivity index (χ1n) is 4.81. The second-order valence-corrected chi connectivity index (χ2v) is 4.72. The molecular weight excluding hydrogens is 174 g/mol. The summed E-state index contributed by atoms with van der Waals surface area (Å²) in [5.74, 6) is 0.172. The Balaban J connectivity index is 3.14. The van der Waals surface area contributed by atoms with Crippen LogP contribution in [0.25, 0.3) is 0 Å². The van der Waals surface area contributed by atoms with Crippen molar-refractivity contribution in [1.29, 1.82) is 0 Å². The van der Waals surface area contributed by atoms with Crippen LogP contribution in [0.15, 0.2) is 12.1 Å². The largest absolute Gasteiger partial charge is 0.294 e. The van der Waals surface area contributed by atoms with Crippen LogP contribution < -0.4 is 0 Å². The summed E-state index contributed by atoms with van der Waals surface area (Å²) < 4.78 is 0. The minimum atomic E-state index is -0.319. The molecule has 2 heteroatoms. The Morgan fingerprint density at radius 1 is 1.14 bits per heavy atom. The molecule has 0 radical (unpaired) electrons. The van der Waals surface area contributed by atoms with Gasteiger partial charge in [-0.05, 0) is 26.0 Å². The molecule has 0 aromatic carbocycles. The summed E-state index contributed by atoms with van der Waals surface area (Å²) in [5, 5.41) is 0. The number of hydrogen-bond donors (Lipinski definition) is 0. The van der Waals surface area contributed by atoms with Gasteiger partial charge < -0.3 is 0 Å². The van der Waals surface area contributed by atoms with Crippen LogP contribution in [0, 0.1) is 19.3 Å². The highest BCUT2D eigenvalue weighted by atomic mass is 16.1. The molecule has 0 bridgehead atoms. The van der Waals surface area contributed by atoms with Crippen molar-refractivity contribution < 1.29 is 4.79 Å². The van der Waals surface area contributed by atoms with Gasteiger partial charge in [0.05, 0.1) is 0 Å². The van der Waals surface area contributed by atoms with E-state index in [1.165, 1.54) is 0 Å². The minimum Gasteiger partial charge on any atom is -0.294 e. The van der Waals surface area contributed by atoms with Crippen molar-refractivity contribution in [2.75, 3.05) is 0 Å². The van der Waals surface area contributed by atoms with Crippen molar-refractivity contribution in [3.8, 4) is 0 Å². The van der Waals surface area contributed by atoms with E-state index in [2.05, 4.69) is 4.98 Å². The Labute approximate surface area is 85.4 Å². The molecular formula is C12H17NO. The lowest BCUT2D eigenvalue weighted by Crippen LogP contribution is -2.20. The number of rotatable bonds is 1. The van der Waals surface area contributed by atoms with Crippen LogP contribution in [0.5, 0.6) is 0 Å². The molecule has 0 N–H and O–H groups in total. The maximum Gasteiger partial charge on any atom is 0.168 e. The van der Waals surface area contributed by atoms with Gasteiger partial charge in [0.2, 0.25) is 0 Å². The number of Topliss-reactive ketones (excluding diaryl/α,β-unsaturated/α-hetero) is 1. The van der Waals surface area contributed by atoms with E-state index in [4.69, 9.17) is 0 Å². The molecule has 1 rings (SSSR count). The zero-order chi connectivity index (χ0) is 10.9. The number of ketones is 1. The molecule has 0 fully saturated rings. The average molecular weight is 191 g/mol. The second kappa shape index (κ2) is 3.52. The number of carbonyl (C=O) groups is 1. The van der Waals surface area contributed by atoms with Crippen molar-refractivity contribution in [2.24, 2.45) is 5.41 Å². The fourth-order valence-corrected chi connectivity index (χ4v) is 1.40. The van der Waals surface area contributed by atoms with Gasteiger partial charge in [-0.15, -0.1) is 0 Å². The summed E-state index contributed by atoms with van der Waals surface area (Å²) in [6, 6.07) is 3.70. The average Bonchev–Trinajstić information content (AvgIpc) is 1.99. The maximum absolute atomic E-state index is 11.9. The summed E-state index contributed by atoms with van der Waals surface area (Å²) in [4.78, 5) is 16.2. The minimum absolute atomic E-state index is 0.172. The van der Waals surface area contributed by atoms with E-state index < -0.39 is 0 Å². The van der Waals surface area contributed by atoms with E-state index in [9.17, 15) is 4.79 Å². The lowest BCUT2D eigenvalue weighted by atomic mass is 9.86. The van der Waals surface area contributed by atoms with Crippen LogP contribution in [0.3, 0.4) is 0 Å². The molecule has 1 heterocycles. The molecule has 1 aromatic rings. The first-order valence-corrected chi connectivity index (χ1v) is 4.81. The van der Waals surface area contributed by atoms with Gasteiger partial charge in [-0.25, -0.2) is 0 Å². The highest BCUT2D eigenvalue weighted by Crippen LogP contribution is 2.21. The third kappa shape index (κ3) is 2.41. The number of hydrogen-bond acceptors (Lipinski definition) is 2. The molecule has 0 aliphatic rings.